The highest BCUT2D eigenvalue weighted by Crippen LogP contribution is 2.34. The first kappa shape index (κ1) is 32.6. The van der Waals surface area contributed by atoms with E-state index in [1.807, 2.05) is 26.0 Å². The van der Waals surface area contributed by atoms with Crippen molar-refractivity contribution in [3.8, 4) is 16.9 Å². The van der Waals surface area contributed by atoms with Gasteiger partial charge in [0.25, 0.3) is 5.91 Å². The fourth-order valence-corrected chi connectivity index (χ4v) is 4.73. The number of ether oxygens (including phenoxy) is 1. The minimum Gasteiger partial charge on any atom is -0.493 e. The summed E-state index contributed by atoms with van der Waals surface area (Å²) in [6.07, 6.45) is -0.0972. The number of carbonyl (C=O) groups is 2. The normalized spacial score (nSPS) is 11.8. The summed E-state index contributed by atoms with van der Waals surface area (Å²) in [6.45, 7) is 19.9. The second kappa shape index (κ2) is 14.7. The number of carboxylic acids is 1. The van der Waals surface area contributed by atoms with Gasteiger partial charge in [0, 0.05) is 18.0 Å². The van der Waals surface area contributed by atoms with Crippen LogP contribution in [0.1, 0.15) is 93.4 Å². The minimum absolute atomic E-state index is 0.0972. The fourth-order valence-electron chi connectivity index (χ4n) is 4.73. The van der Waals surface area contributed by atoms with Gasteiger partial charge in [0.1, 0.15) is 5.75 Å². The zero-order chi connectivity index (χ0) is 30.0. The number of carbonyl (C=O) groups excluding carboxylic acids is 1. The third kappa shape index (κ3) is 8.97. The first-order valence-electron chi connectivity index (χ1n) is 14.3. The van der Waals surface area contributed by atoms with Crippen molar-refractivity contribution < 1.29 is 19.4 Å². The fraction of sp³-hybridized carbons (Fsp3) is 0.429. The Morgan fingerprint density at radius 2 is 1.45 bits per heavy atom. The molecule has 0 aliphatic carbocycles. The highest BCUT2D eigenvalue weighted by atomic mass is 16.5. The van der Waals surface area contributed by atoms with Crippen molar-refractivity contribution in [3.63, 3.8) is 0 Å². The summed E-state index contributed by atoms with van der Waals surface area (Å²) in [4.78, 5) is 22.9. The van der Waals surface area contributed by atoms with Crippen molar-refractivity contribution in [2.45, 2.75) is 80.1 Å². The first-order chi connectivity index (χ1) is 18.9. The molecule has 0 heterocycles. The number of hydrogen-bond acceptors (Lipinski definition) is 3. The van der Waals surface area contributed by atoms with E-state index in [1.54, 1.807) is 12.1 Å². The maximum absolute atomic E-state index is 12.3. The third-order valence-electron chi connectivity index (χ3n) is 7.01. The van der Waals surface area contributed by atoms with Gasteiger partial charge >= 0.3 is 5.97 Å². The zero-order valence-electron chi connectivity index (χ0n) is 25.7. The van der Waals surface area contributed by atoms with Crippen LogP contribution in [0.15, 0.2) is 60.7 Å². The Morgan fingerprint density at radius 1 is 0.900 bits per heavy atom. The quantitative estimate of drug-likeness (QED) is 0.269. The van der Waals surface area contributed by atoms with Gasteiger partial charge in [-0.25, -0.2) is 0 Å². The van der Waals surface area contributed by atoms with Crippen molar-refractivity contribution in [2.24, 2.45) is 5.92 Å². The maximum Gasteiger partial charge on any atom is 0.305 e. The number of amides is 1. The van der Waals surface area contributed by atoms with Crippen LogP contribution in [0, 0.1) is 19.8 Å². The van der Waals surface area contributed by atoms with Gasteiger partial charge in [-0.05, 0) is 82.8 Å². The molecule has 0 saturated heterocycles. The van der Waals surface area contributed by atoms with Gasteiger partial charge in [-0.1, -0.05) is 84.9 Å². The molecule has 2 N–H and O–H groups in total. The summed E-state index contributed by atoms with van der Waals surface area (Å²) in [5, 5.41) is 11.4. The van der Waals surface area contributed by atoms with Gasteiger partial charge in [-0.15, -0.1) is 0 Å². The van der Waals surface area contributed by atoms with Crippen molar-refractivity contribution in [1.29, 1.82) is 0 Å². The third-order valence-corrected chi connectivity index (χ3v) is 7.01. The van der Waals surface area contributed by atoms with Crippen LogP contribution in [0.4, 0.5) is 0 Å². The number of aliphatic carboxylic acids is 1. The van der Waals surface area contributed by atoms with E-state index in [2.05, 4.69) is 90.2 Å². The van der Waals surface area contributed by atoms with Crippen LogP contribution in [0.5, 0.6) is 5.75 Å². The molecule has 216 valence electrons. The van der Waals surface area contributed by atoms with Crippen molar-refractivity contribution >= 4 is 11.9 Å². The number of rotatable bonds is 10. The molecule has 3 rings (SSSR count). The standard InChI is InChI=1S/C33H41NO4.C2H6/c1-21(2)29(24-8-10-26(11-9-24)32(37)34-17-16-30(35)36)20-38-28-18-22(3)31(23(4)19-28)25-12-14-27(15-13-25)33(5,6)7;1-2/h8-15,18-19,21,29H,16-17,20H2,1-7H3,(H,34,37)(H,35,36);1-2H3. The molecule has 5 nitrogen and oxygen atoms in total. The van der Waals surface area contributed by atoms with Crippen LogP contribution < -0.4 is 10.1 Å². The molecule has 1 unspecified atom stereocenters. The number of aryl methyl sites for hydroxylation is 2. The molecule has 40 heavy (non-hydrogen) atoms. The van der Waals surface area contributed by atoms with E-state index in [4.69, 9.17) is 9.84 Å². The van der Waals surface area contributed by atoms with Crippen LogP contribution in [-0.4, -0.2) is 30.1 Å². The largest absolute Gasteiger partial charge is 0.493 e. The molecular weight excluding hydrogens is 498 g/mol. The summed E-state index contributed by atoms with van der Waals surface area (Å²) >= 11 is 0. The van der Waals surface area contributed by atoms with Gasteiger partial charge in [0.05, 0.1) is 13.0 Å². The Labute approximate surface area is 241 Å². The molecule has 0 spiro atoms. The Balaban J connectivity index is 0.00000274. The molecule has 0 fully saturated rings. The van der Waals surface area contributed by atoms with Crippen molar-refractivity contribution in [1.82, 2.24) is 5.32 Å². The molecule has 0 radical (unpaired) electrons. The highest BCUT2D eigenvalue weighted by molar-refractivity contribution is 5.94. The second-order valence-corrected chi connectivity index (χ2v) is 11.4. The van der Waals surface area contributed by atoms with Crippen LogP contribution in [0.3, 0.4) is 0 Å². The maximum atomic E-state index is 12.3. The Kier molecular flexibility index (Phi) is 12.0. The monoisotopic (exact) mass is 545 g/mol. The van der Waals surface area contributed by atoms with E-state index in [9.17, 15) is 9.59 Å². The lowest BCUT2D eigenvalue weighted by atomic mass is 9.85. The zero-order valence-corrected chi connectivity index (χ0v) is 25.7. The molecule has 0 saturated carbocycles. The molecule has 1 amide bonds. The molecule has 3 aromatic rings. The van der Waals surface area contributed by atoms with E-state index in [0.717, 1.165) is 11.3 Å². The van der Waals surface area contributed by atoms with Crippen LogP contribution in [0.25, 0.3) is 11.1 Å². The molecule has 5 heteroatoms. The van der Waals surface area contributed by atoms with Crippen LogP contribution >= 0.6 is 0 Å². The van der Waals surface area contributed by atoms with Gasteiger partial charge in [-0.3, -0.25) is 9.59 Å². The Bertz CT molecular complexity index is 1230. The molecule has 3 aromatic carbocycles. The van der Waals surface area contributed by atoms with Gasteiger partial charge < -0.3 is 15.2 Å². The molecule has 0 aromatic heterocycles. The molecule has 1 atom stereocenters. The number of carboxylic acid groups (broad SMARTS) is 1. The highest BCUT2D eigenvalue weighted by Gasteiger charge is 2.19. The molecule has 0 bridgehead atoms. The Hall–Kier alpha value is -3.60. The van der Waals surface area contributed by atoms with Crippen molar-refractivity contribution in [3.05, 3.63) is 88.5 Å². The van der Waals surface area contributed by atoms with Crippen LogP contribution in [0.2, 0.25) is 0 Å². The summed E-state index contributed by atoms with van der Waals surface area (Å²) in [6, 6.07) is 20.6. The minimum atomic E-state index is -0.935. The van der Waals surface area contributed by atoms with Crippen molar-refractivity contribution in [2.75, 3.05) is 13.2 Å². The SMILES string of the molecule is CC.Cc1cc(OCC(c2ccc(C(=O)NCCC(=O)O)cc2)C(C)C)cc(C)c1-c1ccc(C(C)(C)C)cc1. The lowest BCUT2D eigenvalue weighted by Crippen LogP contribution is -2.26. The number of nitrogens with one attached hydrogen (secondary N) is 1. The lowest BCUT2D eigenvalue weighted by molar-refractivity contribution is -0.136. The summed E-state index contributed by atoms with van der Waals surface area (Å²) in [5.41, 5.74) is 7.89. The first-order valence-corrected chi connectivity index (χ1v) is 14.3. The van der Waals surface area contributed by atoms with E-state index in [-0.39, 0.29) is 30.2 Å². The number of benzene rings is 3. The molecule has 0 aliphatic rings. The molecular formula is C35H47NO4. The Morgan fingerprint density at radius 3 is 1.93 bits per heavy atom. The van der Waals surface area contributed by atoms with E-state index < -0.39 is 5.97 Å². The van der Waals surface area contributed by atoms with E-state index >= 15 is 0 Å². The predicted molar refractivity (Wildman–Crippen MR) is 166 cm³/mol. The second-order valence-electron chi connectivity index (χ2n) is 11.4. The summed E-state index contributed by atoms with van der Waals surface area (Å²) < 4.78 is 6.32. The molecule has 0 aliphatic heterocycles. The summed E-state index contributed by atoms with van der Waals surface area (Å²) in [7, 11) is 0. The van der Waals surface area contributed by atoms with Crippen LogP contribution in [-0.2, 0) is 10.2 Å². The van der Waals surface area contributed by atoms with E-state index in [0.29, 0.717) is 18.1 Å². The smallest absolute Gasteiger partial charge is 0.305 e. The average Bonchev–Trinajstić information content (AvgIpc) is 2.89. The topological polar surface area (TPSA) is 75.6 Å². The number of hydrogen-bond donors (Lipinski definition) is 2. The van der Waals surface area contributed by atoms with Gasteiger partial charge in [0.2, 0.25) is 0 Å². The summed E-state index contributed by atoms with van der Waals surface area (Å²) in [5.74, 6) is 0.150. The van der Waals surface area contributed by atoms with Gasteiger partial charge in [0.15, 0.2) is 0 Å². The average molecular weight is 546 g/mol. The van der Waals surface area contributed by atoms with Gasteiger partial charge in [-0.2, -0.15) is 0 Å². The lowest BCUT2D eigenvalue weighted by Gasteiger charge is -2.23. The van der Waals surface area contributed by atoms with E-state index in [1.165, 1.54) is 27.8 Å². The predicted octanol–water partition coefficient (Wildman–Crippen LogP) is 8.32.